The maximum absolute atomic E-state index is 11.5. The Morgan fingerprint density at radius 2 is 2.29 bits per heavy atom. The summed E-state index contributed by atoms with van der Waals surface area (Å²) in [5, 5.41) is 3.75. The highest BCUT2D eigenvalue weighted by molar-refractivity contribution is 6.30. The van der Waals surface area contributed by atoms with Crippen molar-refractivity contribution in [3.8, 4) is 0 Å². The van der Waals surface area contributed by atoms with E-state index in [0.717, 1.165) is 17.9 Å². The predicted molar refractivity (Wildman–Crippen MR) is 54.1 cm³/mol. The van der Waals surface area contributed by atoms with Gasteiger partial charge < -0.3 is 5.32 Å². The maximum Gasteiger partial charge on any atom is 0.224 e. The summed E-state index contributed by atoms with van der Waals surface area (Å²) in [7, 11) is 0. The number of carbonyl (C=O) groups is 1. The van der Waals surface area contributed by atoms with Gasteiger partial charge in [-0.15, -0.1) is 0 Å². The van der Waals surface area contributed by atoms with Crippen molar-refractivity contribution in [2.75, 3.05) is 0 Å². The Hall–Kier alpha value is -1.02. The van der Waals surface area contributed by atoms with E-state index in [1.807, 2.05) is 18.2 Å². The average molecular weight is 208 g/mol. The summed E-state index contributed by atoms with van der Waals surface area (Å²) in [6.07, 6.45) is 1.81. The summed E-state index contributed by atoms with van der Waals surface area (Å²) in [5.41, 5.74) is 2.48. The first-order valence-corrected chi connectivity index (χ1v) is 5.20. The maximum atomic E-state index is 11.5. The van der Waals surface area contributed by atoms with Crippen molar-refractivity contribution < 1.29 is 4.79 Å². The fourth-order valence-electron chi connectivity index (χ4n) is 2.46. The molecule has 1 aromatic carbocycles. The van der Waals surface area contributed by atoms with Gasteiger partial charge in [0.15, 0.2) is 0 Å². The molecule has 2 nitrogen and oxygen atoms in total. The molecule has 3 heteroatoms. The highest BCUT2D eigenvalue weighted by Crippen LogP contribution is 2.39. The van der Waals surface area contributed by atoms with Crippen molar-refractivity contribution in [2.45, 2.75) is 18.9 Å². The molecule has 0 saturated carbocycles. The van der Waals surface area contributed by atoms with Crippen LogP contribution >= 0.6 is 11.6 Å². The summed E-state index contributed by atoms with van der Waals surface area (Å²) in [4.78, 5) is 11.5. The molecular weight excluding hydrogens is 198 g/mol. The molecule has 2 atom stereocenters. The van der Waals surface area contributed by atoms with Gasteiger partial charge in [-0.3, -0.25) is 4.79 Å². The number of hydrogen-bond donors (Lipinski definition) is 1. The van der Waals surface area contributed by atoms with Crippen molar-refractivity contribution in [1.82, 2.24) is 5.32 Å². The number of halogens is 1. The van der Waals surface area contributed by atoms with E-state index in [1.165, 1.54) is 11.1 Å². The van der Waals surface area contributed by atoms with E-state index in [1.54, 1.807) is 0 Å². The van der Waals surface area contributed by atoms with E-state index in [2.05, 4.69) is 5.32 Å². The largest absolute Gasteiger partial charge is 0.349 e. The van der Waals surface area contributed by atoms with E-state index in [-0.39, 0.29) is 17.9 Å². The predicted octanol–water partition coefficient (Wildman–Crippen LogP) is 2.07. The number of fused-ring (bicyclic) bond motifs is 4. The van der Waals surface area contributed by atoms with Gasteiger partial charge in [-0.05, 0) is 36.1 Å². The Bertz CT molecular complexity index is 416. The van der Waals surface area contributed by atoms with Crippen LogP contribution in [0.3, 0.4) is 0 Å². The Kier molecular flexibility index (Phi) is 1.62. The SMILES string of the molecule is O=C1NC2CC1Cc1ccc(Cl)cc12. The van der Waals surface area contributed by atoms with Crippen LogP contribution in [0.5, 0.6) is 0 Å². The highest BCUT2D eigenvalue weighted by Gasteiger charge is 2.38. The number of benzene rings is 1. The third-order valence-electron chi connectivity index (χ3n) is 3.16. The van der Waals surface area contributed by atoms with Crippen molar-refractivity contribution in [1.29, 1.82) is 0 Å². The van der Waals surface area contributed by atoms with Crippen LogP contribution in [0.2, 0.25) is 5.02 Å². The van der Waals surface area contributed by atoms with Gasteiger partial charge in [0.2, 0.25) is 5.91 Å². The van der Waals surface area contributed by atoms with Crippen LogP contribution in [0.25, 0.3) is 0 Å². The first-order valence-electron chi connectivity index (χ1n) is 4.83. The molecule has 1 aromatic rings. The lowest BCUT2D eigenvalue weighted by atomic mass is 9.84. The second-order valence-electron chi connectivity index (χ2n) is 4.04. The number of hydrogen-bond acceptors (Lipinski definition) is 1. The molecule has 0 radical (unpaired) electrons. The van der Waals surface area contributed by atoms with E-state index < -0.39 is 0 Å². The summed E-state index contributed by atoms with van der Waals surface area (Å²) in [5.74, 6) is 0.385. The smallest absolute Gasteiger partial charge is 0.224 e. The molecule has 1 aliphatic heterocycles. The molecule has 0 aromatic heterocycles. The number of carbonyl (C=O) groups excluding carboxylic acids is 1. The zero-order valence-corrected chi connectivity index (χ0v) is 8.34. The second kappa shape index (κ2) is 2.74. The quantitative estimate of drug-likeness (QED) is 0.694. The molecule has 1 aliphatic carbocycles. The van der Waals surface area contributed by atoms with Gasteiger partial charge in [0.1, 0.15) is 0 Å². The van der Waals surface area contributed by atoms with Crippen LogP contribution in [0.1, 0.15) is 23.6 Å². The van der Waals surface area contributed by atoms with Crippen LogP contribution < -0.4 is 5.32 Å². The van der Waals surface area contributed by atoms with Crippen LogP contribution in [0.15, 0.2) is 18.2 Å². The van der Waals surface area contributed by atoms with Gasteiger partial charge in [0.25, 0.3) is 0 Å². The highest BCUT2D eigenvalue weighted by atomic mass is 35.5. The molecule has 14 heavy (non-hydrogen) atoms. The van der Waals surface area contributed by atoms with E-state index in [4.69, 9.17) is 11.6 Å². The molecule has 1 N–H and O–H groups in total. The summed E-state index contributed by atoms with van der Waals surface area (Å²) in [6, 6.07) is 6.12. The molecule has 1 fully saturated rings. The molecule has 1 amide bonds. The summed E-state index contributed by atoms with van der Waals surface area (Å²) in [6.45, 7) is 0. The molecule has 2 unspecified atom stereocenters. The van der Waals surface area contributed by atoms with Gasteiger partial charge in [-0.25, -0.2) is 0 Å². The molecule has 1 saturated heterocycles. The minimum atomic E-state index is 0.189. The zero-order valence-electron chi connectivity index (χ0n) is 7.59. The van der Waals surface area contributed by atoms with Crippen LogP contribution in [-0.2, 0) is 11.2 Å². The number of amides is 1. The average Bonchev–Trinajstić information content (AvgIpc) is 2.46. The third kappa shape index (κ3) is 1.07. The van der Waals surface area contributed by atoms with Crippen molar-refractivity contribution in [3.63, 3.8) is 0 Å². The summed E-state index contributed by atoms with van der Waals surface area (Å²) >= 11 is 5.94. The second-order valence-corrected chi connectivity index (χ2v) is 4.48. The van der Waals surface area contributed by atoms with Crippen molar-refractivity contribution >= 4 is 17.5 Å². The van der Waals surface area contributed by atoms with Gasteiger partial charge in [0.05, 0.1) is 6.04 Å². The van der Waals surface area contributed by atoms with E-state index in [0.29, 0.717) is 0 Å². The lowest BCUT2D eigenvalue weighted by Gasteiger charge is -2.20. The standard InChI is InChI=1S/C11H10ClNO/c12-8-2-1-6-3-7-4-10(9(6)5-8)13-11(7)14/h1-2,5,7,10H,3-4H2,(H,13,14). The molecular formula is C11H10ClNO. The Morgan fingerprint density at radius 1 is 1.43 bits per heavy atom. The molecule has 0 spiro atoms. The zero-order chi connectivity index (χ0) is 9.71. The van der Waals surface area contributed by atoms with Gasteiger partial charge in [-0.2, -0.15) is 0 Å². The molecule has 2 bridgehead atoms. The monoisotopic (exact) mass is 207 g/mol. The molecule has 2 aliphatic rings. The third-order valence-corrected chi connectivity index (χ3v) is 3.39. The first kappa shape index (κ1) is 8.30. The normalized spacial score (nSPS) is 28.5. The minimum absolute atomic E-state index is 0.189. The molecule has 72 valence electrons. The first-order chi connectivity index (χ1) is 6.74. The van der Waals surface area contributed by atoms with Crippen molar-refractivity contribution in [2.24, 2.45) is 5.92 Å². The van der Waals surface area contributed by atoms with Crippen LogP contribution in [0.4, 0.5) is 0 Å². The topological polar surface area (TPSA) is 29.1 Å². The minimum Gasteiger partial charge on any atom is -0.349 e. The lowest BCUT2D eigenvalue weighted by molar-refractivity contribution is -0.122. The van der Waals surface area contributed by atoms with Gasteiger partial charge in [-0.1, -0.05) is 17.7 Å². The van der Waals surface area contributed by atoms with Gasteiger partial charge in [0, 0.05) is 10.9 Å². The van der Waals surface area contributed by atoms with E-state index >= 15 is 0 Å². The fourth-order valence-corrected chi connectivity index (χ4v) is 2.64. The number of rotatable bonds is 0. The van der Waals surface area contributed by atoms with Crippen LogP contribution in [0, 0.1) is 5.92 Å². The van der Waals surface area contributed by atoms with Crippen molar-refractivity contribution in [3.05, 3.63) is 34.3 Å². The number of nitrogens with one attached hydrogen (secondary N) is 1. The Balaban J connectivity index is 2.12. The Morgan fingerprint density at radius 3 is 3.14 bits per heavy atom. The molecule has 1 heterocycles. The summed E-state index contributed by atoms with van der Waals surface area (Å²) < 4.78 is 0. The fraction of sp³-hybridized carbons (Fsp3) is 0.364. The molecule has 3 rings (SSSR count). The Labute approximate surface area is 87.3 Å². The lowest BCUT2D eigenvalue weighted by Crippen LogP contribution is -2.19. The van der Waals surface area contributed by atoms with Crippen LogP contribution in [-0.4, -0.2) is 5.91 Å². The van der Waals surface area contributed by atoms with E-state index in [9.17, 15) is 4.79 Å². The van der Waals surface area contributed by atoms with Gasteiger partial charge >= 0.3 is 0 Å².